The number of hydrogen-bond acceptors (Lipinski definition) is 5. The summed E-state index contributed by atoms with van der Waals surface area (Å²) in [5.74, 6) is 1.66. The smallest absolute Gasteiger partial charge is 0.156 e. The molecule has 2 aromatic carbocycles. The van der Waals surface area contributed by atoms with E-state index in [0.29, 0.717) is 23.5 Å². The van der Waals surface area contributed by atoms with Crippen LogP contribution in [0, 0.1) is 0 Å². The Hall–Kier alpha value is -3.47. The summed E-state index contributed by atoms with van der Waals surface area (Å²) in [6.45, 7) is 3.81. The molecular formula is C22H20O5. The summed E-state index contributed by atoms with van der Waals surface area (Å²) in [6, 6.07) is 9.65. The number of phenols is 2. The molecular weight excluding hydrogens is 344 g/mol. The maximum atomic E-state index is 10.6. The van der Waals surface area contributed by atoms with Crippen LogP contribution in [0.4, 0.5) is 0 Å². The van der Waals surface area contributed by atoms with E-state index in [4.69, 9.17) is 9.47 Å². The van der Waals surface area contributed by atoms with Gasteiger partial charge in [-0.2, -0.15) is 0 Å². The molecule has 0 aliphatic carbocycles. The summed E-state index contributed by atoms with van der Waals surface area (Å²) in [6.07, 6.45) is 6.83. The van der Waals surface area contributed by atoms with E-state index < -0.39 is 6.10 Å². The van der Waals surface area contributed by atoms with E-state index in [1.165, 1.54) is 18.2 Å². The van der Waals surface area contributed by atoms with Crippen molar-refractivity contribution < 1.29 is 24.5 Å². The number of fused-ring (bicyclic) bond motifs is 2. The number of carbonyl (C=O) groups excluding carboxylic acids is 1. The number of phenolic OH excluding ortho intramolecular Hbond substituents is 2. The van der Waals surface area contributed by atoms with Crippen molar-refractivity contribution in [2.24, 2.45) is 0 Å². The normalized spacial score (nSPS) is 14.4. The number of benzene rings is 2. The molecule has 1 aliphatic heterocycles. The maximum absolute atomic E-state index is 10.6. The van der Waals surface area contributed by atoms with E-state index in [9.17, 15) is 15.0 Å². The van der Waals surface area contributed by atoms with Crippen molar-refractivity contribution in [2.75, 3.05) is 0 Å². The molecule has 3 rings (SSSR count). The highest BCUT2D eigenvalue weighted by molar-refractivity contribution is 5.65. The van der Waals surface area contributed by atoms with Crippen LogP contribution in [0.2, 0.25) is 0 Å². The molecule has 5 heteroatoms. The van der Waals surface area contributed by atoms with Crippen LogP contribution in [0.25, 0.3) is 0 Å². The summed E-state index contributed by atoms with van der Waals surface area (Å²) in [5, 5.41) is 19.6. The van der Waals surface area contributed by atoms with Gasteiger partial charge in [0.2, 0.25) is 0 Å². The molecule has 0 saturated carbocycles. The molecule has 0 spiro atoms. The van der Waals surface area contributed by atoms with E-state index in [1.807, 2.05) is 19.9 Å². The first-order chi connectivity index (χ1) is 13.0. The van der Waals surface area contributed by atoms with Crippen molar-refractivity contribution in [2.45, 2.75) is 20.0 Å². The van der Waals surface area contributed by atoms with Crippen molar-refractivity contribution in [1.82, 2.24) is 0 Å². The SMILES string of the molecule is C\C=C(C)/C(=C\C=C\C=O)OC1c2ccc(O)cc2Oc2cc(O)ccc21. The van der Waals surface area contributed by atoms with Gasteiger partial charge < -0.3 is 19.7 Å². The minimum absolute atomic E-state index is 0.0745. The molecule has 0 amide bonds. The first kappa shape index (κ1) is 18.3. The fourth-order valence-electron chi connectivity index (χ4n) is 2.79. The van der Waals surface area contributed by atoms with Gasteiger partial charge in [-0.25, -0.2) is 0 Å². The zero-order chi connectivity index (χ0) is 19.4. The van der Waals surface area contributed by atoms with Gasteiger partial charge in [-0.3, -0.25) is 4.79 Å². The quantitative estimate of drug-likeness (QED) is 0.341. The van der Waals surface area contributed by atoms with Gasteiger partial charge in [-0.1, -0.05) is 12.2 Å². The predicted molar refractivity (Wildman–Crippen MR) is 102 cm³/mol. The van der Waals surface area contributed by atoms with Gasteiger partial charge in [-0.15, -0.1) is 0 Å². The van der Waals surface area contributed by atoms with E-state index in [2.05, 4.69) is 0 Å². The number of allylic oxidation sites excluding steroid dienone is 5. The summed E-state index contributed by atoms with van der Waals surface area (Å²) in [4.78, 5) is 10.6. The average Bonchev–Trinajstić information content (AvgIpc) is 2.65. The van der Waals surface area contributed by atoms with Gasteiger partial charge in [0.15, 0.2) is 6.10 Å². The van der Waals surface area contributed by atoms with Crippen LogP contribution in [0.3, 0.4) is 0 Å². The highest BCUT2D eigenvalue weighted by Crippen LogP contribution is 2.47. The minimum atomic E-state index is -0.504. The summed E-state index contributed by atoms with van der Waals surface area (Å²) < 4.78 is 12.1. The number of rotatable bonds is 5. The van der Waals surface area contributed by atoms with Gasteiger partial charge in [-0.05, 0) is 55.8 Å². The summed E-state index contributed by atoms with van der Waals surface area (Å²) >= 11 is 0. The Morgan fingerprint density at radius 3 is 2.15 bits per heavy atom. The summed E-state index contributed by atoms with van der Waals surface area (Å²) in [7, 11) is 0. The Morgan fingerprint density at radius 2 is 1.63 bits per heavy atom. The molecule has 0 saturated heterocycles. The van der Waals surface area contributed by atoms with Crippen LogP contribution < -0.4 is 4.74 Å². The molecule has 2 aromatic rings. The van der Waals surface area contributed by atoms with Crippen LogP contribution >= 0.6 is 0 Å². The van der Waals surface area contributed by atoms with Crippen molar-refractivity contribution in [3.05, 3.63) is 83.2 Å². The first-order valence-corrected chi connectivity index (χ1v) is 8.49. The van der Waals surface area contributed by atoms with Crippen LogP contribution in [-0.4, -0.2) is 16.5 Å². The molecule has 138 valence electrons. The van der Waals surface area contributed by atoms with Gasteiger partial charge >= 0.3 is 0 Å². The largest absolute Gasteiger partial charge is 0.508 e. The Bertz CT molecular complexity index is 902. The lowest BCUT2D eigenvalue weighted by Gasteiger charge is -2.30. The predicted octanol–water partition coefficient (Wildman–Crippen LogP) is 4.91. The second-order valence-electron chi connectivity index (χ2n) is 6.07. The highest BCUT2D eigenvalue weighted by atomic mass is 16.5. The zero-order valence-corrected chi connectivity index (χ0v) is 15.0. The lowest BCUT2D eigenvalue weighted by molar-refractivity contribution is -0.104. The molecule has 0 aromatic heterocycles. The number of aromatic hydroxyl groups is 2. The van der Waals surface area contributed by atoms with Gasteiger partial charge in [0.25, 0.3) is 0 Å². The molecule has 1 heterocycles. The van der Waals surface area contributed by atoms with E-state index in [1.54, 1.807) is 36.4 Å². The number of hydrogen-bond donors (Lipinski definition) is 2. The standard InChI is InChI=1S/C22H20O5/c1-3-14(2)19(6-4-5-11-23)27-22-17-9-7-15(24)12-20(17)26-21-13-16(25)8-10-18(21)22/h3-13,22,24-25H,1-2H3/b5-4+,14-3-,19-6+. The van der Waals surface area contributed by atoms with Crippen LogP contribution in [-0.2, 0) is 9.53 Å². The summed E-state index contributed by atoms with van der Waals surface area (Å²) in [5.41, 5.74) is 2.40. The number of carbonyl (C=O) groups is 1. The lowest BCUT2D eigenvalue weighted by Crippen LogP contribution is -2.13. The first-order valence-electron chi connectivity index (χ1n) is 8.49. The fraction of sp³-hybridized carbons (Fsp3) is 0.136. The van der Waals surface area contributed by atoms with Gasteiger partial charge in [0, 0.05) is 23.3 Å². The van der Waals surface area contributed by atoms with Crippen molar-refractivity contribution in [3.63, 3.8) is 0 Å². The van der Waals surface area contributed by atoms with E-state index in [0.717, 1.165) is 16.7 Å². The molecule has 0 atom stereocenters. The molecule has 0 radical (unpaired) electrons. The third kappa shape index (κ3) is 3.87. The molecule has 2 N–H and O–H groups in total. The molecule has 0 fully saturated rings. The maximum Gasteiger partial charge on any atom is 0.156 e. The fourth-order valence-corrected chi connectivity index (χ4v) is 2.79. The van der Waals surface area contributed by atoms with E-state index >= 15 is 0 Å². The van der Waals surface area contributed by atoms with Gasteiger partial charge in [0.05, 0.1) is 0 Å². The van der Waals surface area contributed by atoms with E-state index in [-0.39, 0.29) is 11.5 Å². The topological polar surface area (TPSA) is 76.0 Å². The molecule has 0 unspecified atom stereocenters. The average molecular weight is 364 g/mol. The second-order valence-corrected chi connectivity index (χ2v) is 6.07. The molecule has 1 aliphatic rings. The number of ether oxygens (including phenoxy) is 2. The van der Waals surface area contributed by atoms with Crippen molar-refractivity contribution in [3.8, 4) is 23.0 Å². The molecule has 5 nitrogen and oxygen atoms in total. The Balaban J connectivity index is 2.09. The van der Waals surface area contributed by atoms with Crippen molar-refractivity contribution in [1.29, 1.82) is 0 Å². The third-order valence-corrected chi connectivity index (χ3v) is 4.28. The monoisotopic (exact) mass is 364 g/mol. The van der Waals surface area contributed by atoms with Crippen LogP contribution in [0.1, 0.15) is 31.1 Å². The van der Waals surface area contributed by atoms with Crippen molar-refractivity contribution >= 4 is 6.29 Å². The molecule has 0 bridgehead atoms. The Morgan fingerprint density at radius 1 is 1.04 bits per heavy atom. The minimum Gasteiger partial charge on any atom is -0.508 e. The zero-order valence-electron chi connectivity index (χ0n) is 15.0. The second kappa shape index (κ2) is 7.83. The number of aldehydes is 1. The molecule has 27 heavy (non-hydrogen) atoms. The third-order valence-electron chi connectivity index (χ3n) is 4.28. The Labute approximate surface area is 157 Å². The van der Waals surface area contributed by atoms with Crippen LogP contribution in [0.15, 0.2) is 72.0 Å². The highest BCUT2D eigenvalue weighted by Gasteiger charge is 2.30. The van der Waals surface area contributed by atoms with Crippen LogP contribution in [0.5, 0.6) is 23.0 Å². The Kier molecular flexibility index (Phi) is 5.31. The van der Waals surface area contributed by atoms with Gasteiger partial charge in [0.1, 0.15) is 35.0 Å². The lowest BCUT2D eigenvalue weighted by atomic mass is 9.96.